The van der Waals surface area contributed by atoms with E-state index in [0.717, 1.165) is 11.1 Å². The third kappa shape index (κ3) is 3.57. The number of aliphatic hydroxyl groups is 1. The van der Waals surface area contributed by atoms with Crippen molar-refractivity contribution >= 4 is 0 Å². The Morgan fingerprint density at radius 1 is 1.44 bits per heavy atom. The van der Waals surface area contributed by atoms with Gasteiger partial charge in [0.05, 0.1) is 6.10 Å². The normalized spacial score (nSPS) is 11.9. The van der Waals surface area contributed by atoms with E-state index in [1.165, 1.54) is 5.56 Å². The second-order valence-corrected chi connectivity index (χ2v) is 3.97. The molecule has 1 aromatic rings. The number of rotatable bonds is 5. The van der Waals surface area contributed by atoms with Crippen molar-refractivity contribution in [2.75, 3.05) is 6.54 Å². The Labute approximate surface area is 95.5 Å². The van der Waals surface area contributed by atoms with Crippen LogP contribution < -0.4 is 0 Å². The minimum absolute atomic E-state index is 0.443. The van der Waals surface area contributed by atoms with E-state index in [-0.39, 0.29) is 0 Å². The van der Waals surface area contributed by atoms with Crippen LogP contribution in [0.1, 0.15) is 35.6 Å². The predicted octanol–water partition coefficient (Wildman–Crippen LogP) is 3.43. The molecule has 0 aliphatic carbocycles. The zero-order valence-corrected chi connectivity index (χ0v) is 9.72. The van der Waals surface area contributed by atoms with Crippen molar-refractivity contribution in [3.8, 4) is 0 Å². The molecule has 86 valence electrons. The molecular weight excluding hydrogens is 202 g/mol. The van der Waals surface area contributed by atoms with Crippen LogP contribution in [0.4, 0.5) is 0 Å². The molecule has 0 amide bonds. The van der Waals surface area contributed by atoms with Gasteiger partial charge in [0.2, 0.25) is 0 Å². The van der Waals surface area contributed by atoms with Gasteiger partial charge < -0.3 is 5.11 Å². The van der Waals surface area contributed by atoms with Gasteiger partial charge in [0.1, 0.15) is 0 Å². The van der Waals surface area contributed by atoms with Gasteiger partial charge in [-0.1, -0.05) is 28.9 Å². The van der Waals surface area contributed by atoms with Crippen LogP contribution in [-0.4, -0.2) is 11.7 Å². The molecule has 0 heterocycles. The molecule has 1 aromatic carbocycles. The topological polar surface area (TPSA) is 69.0 Å². The smallest absolute Gasteiger partial charge is 0.0792 e. The molecule has 0 aliphatic heterocycles. The summed E-state index contributed by atoms with van der Waals surface area (Å²) in [6.07, 6.45) is 0.871. The number of aliphatic hydroxyl groups excluding tert-OH is 1. The third-order valence-electron chi connectivity index (χ3n) is 2.58. The van der Waals surface area contributed by atoms with Crippen molar-refractivity contribution in [1.29, 1.82) is 0 Å². The number of aryl methyl sites for hydroxylation is 2. The van der Waals surface area contributed by atoms with Crippen molar-refractivity contribution < 1.29 is 5.11 Å². The summed E-state index contributed by atoms with van der Waals surface area (Å²) in [7, 11) is 0. The summed E-state index contributed by atoms with van der Waals surface area (Å²) in [4.78, 5) is 2.68. The Hall–Kier alpha value is -1.51. The minimum Gasteiger partial charge on any atom is -0.388 e. The number of nitrogens with zero attached hydrogens (tertiary/aromatic N) is 3. The van der Waals surface area contributed by atoms with Gasteiger partial charge in [0, 0.05) is 11.5 Å². The quantitative estimate of drug-likeness (QED) is 0.350. The zero-order chi connectivity index (χ0) is 12.0. The highest BCUT2D eigenvalue weighted by molar-refractivity contribution is 5.31. The second kappa shape index (κ2) is 6.16. The summed E-state index contributed by atoms with van der Waals surface area (Å²) < 4.78 is 0. The average Bonchev–Trinajstić information content (AvgIpc) is 2.24. The molecular formula is C12H17N3O. The summed E-state index contributed by atoms with van der Waals surface area (Å²) in [6, 6.07) is 6.02. The lowest BCUT2D eigenvalue weighted by Crippen LogP contribution is -2.01. The van der Waals surface area contributed by atoms with Crippen molar-refractivity contribution in [1.82, 2.24) is 0 Å². The second-order valence-electron chi connectivity index (χ2n) is 3.97. The van der Waals surface area contributed by atoms with Crippen LogP contribution >= 0.6 is 0 Å². The van der Waals surface area contributed by atoms with Crippen LogP contribution in [0.5, 0.6) is 0 Å². The molecule has 1 N–H and O–H groups in total. The van der Waals surface area contributed by atoms with Crippen LogP contribution in [-0.2, 0) is 0 Å². The molecule has 1 unspecified atom stereocenters. The number of hydrogen-bond donors (Lipinski definition) is 1. The predicted molar refractivity (Wildman–Crippen MR) is 64.1 cm³/mol. The fourth-order valence-corrected chi connectivity index (χ4v) is 1.76. The SMILES string of the molecule is Cc1ccc(C(O)CCCN=[N+]=[N-])c(C)c1. The van der Waals surface area contributed by atoms with E-state index in [2.05, 4.69) is 16.1 Å². The van der Waals surface area contributed by atoms with Crippen LogP contribution in [0, 0.1) is 13.8 Å². The molecule has 0 bridgehead atoms. The maximum absolute atomic E-state index is 9.96. The Bertz CT molecular complexity index is 397. The zero-order valence-electron chi connectivity index (χ0n) is 9.72. The largest absolute Gasteiger partial charge is 0.388 e. The molecule has 0 saturated heterocycles. The Balaban J connectivity index is 2.58. The first kappa shape index (κ1) is 12.6. The maximum Gasteiger partial charge on any atom is 0.0792 e. The van der Waals surface area contributed by atoms with E-state index in [1.54, 1.807) is 0 Å². The first-order valence-corrected chi connectivity index (χ1v) is 5.41. The van der Waals surface area contributed by atoms with E-state index >= 15 is 0 Å². The summed E-state index contributed by atoms with van der Waals surface area (Å²) in [5.41, 5.74) is 11.4. The molecule has 4 heteroatoms. The standard InChI is InChI=1S/C12H17N3O/c1-9-5-6-11(10(2)8-9)12(16)4-3-7-14-15-13/h5-6,8,12,16H,3-4,7H2,1-2H3. The molecule has 0 aliphatic rings. The van der Waals surface area contributed by atoms with Crippen LogP contribution in [0.15, 0.2) is 23.3 Å². The maximum atomic E-state index is 9.96. The van der Waals surface area contributed by atoms with Gasteiger partial charge in [-0.15, -0.1) is 0 Å². The van der Waals surface area contributed by atoms with Gasteiger partial charge in [-0.3, -0.25) is 0 Å². The molecule has 0 aromatic heterocycles. The lowest BCUT2D eigenvalue weighted by Gasteiger charge is -2.13. The first-order chi connectivity index (χ1) is 7.65. The molecule has 0 radical (unpaired) electrons. The summed E-state index contributed by atoms with van der Waals surface area (Å²) in [5.74, 6) is 0. The van der Waals surface area contributed by atoms with Crippen molar-refractivity contribution in [3.05, 3.63) is 45.3 Å². The van der Waals surface area contributed by atoms with E-state index in [0.29, 0.717) is 19.4 Å². The van der Waals surface area contributed by atoms with E-state index in [1.807, 2.05) is 26.0 Å². The van der Waals surface area contributed by atoms with Crippen molar-refractivity contribution in [2.24, 2.45) is 5.11 Å². The Morgan fingerprint density at radius 2 is 2.19 bits per heavy atom. The lowest BCUT2D eigenvalue weighted by atomic mass is 9.98. The average molecular weight is 219 g/mol. The minimum atomic E-state index is -0.463. The van der Waals surface area contributed by atoms with Gasteiger partial charge in [-0.05, 0) is 43.3 Å². The number of benzene rings is 1. The van der Waals surface area contributed by atoms with E-state index in [4.69, 9.17) is 5.53 Å². The van der Waals surface area contributed by atoms with Gasteiger partial charge >= 0.3 is 0 Å². The molecule has 1 atom stereocenters. The van der Waals surface area contributed by atoms with Gasteiger partial charge in [-0.25, -0.2) is 0 Å². The molecule has 4 nitrogen and oxygen atoms in total. The van der Waals surface area contributed by atoms with E-state index in [9.17, 15) is 5.11 Å². The van der Waals surface area contributed by atoms with Gasteiger partial charge in [0.25, 0.3) is 0 Å². The van der Waals surface area contributed by atoms with Gasteiger partial charge in [-0.2, -0.15) is 0 Å². The Kier molecular flexibility index (Phi) is 4.83. The first-order valence-electron chi connectivity index (χ1n) is 5.41. The molecule has 0 fully saturated rings. The van der Waals surface area contributed by atoms with Crippen molar-refractivity contribution in [2.45, 2.75) is 32.8 Å². The third-order valence-corrected chi connectivity index (χ3v) is 2.58. The highest BCUT2D eigenvalue weighted by Crippen LogP contribution is 2.22. The highest BCUT2D eigenvalue weighted by Gasteiger charge is 2.09. The van der Waals surface area contributed by atoms with E-state index < -0.39 is 6.10 Å². The highest BCUT2D eigenvalue weighted by atomic mass is 16.3. The van der Waals surface area contributed by atoms with Gasteiger partial charge in [0.15, 0.2) is 0 Å². The molecule has 0 spiro atoms. The number of azide groups is 1. The van der Waals surface area contributed by atoms with Crippen molar-refractivity contribution in [3.63, 3.8) is 0 Å². The summed E-state index contributed by atoms with van der Waals surface area (Å²) in [6.45, 7) is 4.47. The lowest BCUT2D eigenvalue weighted by molar-refractivity contribution is 0.164. The number of hydrogen-bond acceptors (Lipinski definition) is 2. The summed E-state index contributed by atoms with van der Waals surface area (Å²) in [5, 5.41) is 13.4. The van der Waals surface area contributed by atoms with Crippen LogP contribution in [0.3, 0.4) is 0 Å². The summed E-state index contributed by atoms with van der Waals surface area (Å²) >= 11 is 0. The van der Waals surface area contributed by atoms with Crippen LogP contribution in [0.2, 0.25) is 0 Å². The molecule has 1 rings (SSSR count). The Morgan fingerprint density at radius 3 is 2.81 bits per heavy atom. The monoisotopic (exact) mass is 219 g/mol. The van der Waals surface area contributed by atoms with Crippen LogP contribution in [0.25, 0.3) is 10.4 Å². The fourth-order valence-electron chi connectivity index (χ4n) is 1.76. The molecule has 0 saturated carbocycles. The molecule has 16 heavy (non-hydrogen) atoms. The fraction of sp³-hybridized carbons (Fsp3) is 0.500.